The van der Waals surface area contributed by atoms with Crippen LogP contribution in [0.2, 0.25) is 0 Å². The number of piperidine rings is 1. The first-order chi connectivity index (χ1) is 17.6. The number of ketones is 1. The molecule has 2 heterocycles. The summed E-state index contributed by atoms with van der Waals surface area (Å²) in [6.45, 7) is 6.77. The van der Waals surface area contributed by atoms with Crippen molar-refractivity contribution in [2.75, 3.05) is 38.7 Å². The number of aliphatic hydroxyl groups excluding tert-OH is 1. The fraction of sp³-hybridized carbons (Fsp3) is 0.500. The molecule has 0 bridgehead atoms. The quantitative estimate of drug-likeness (QED) is 0.566. The maximum atomic E-state index is 12.9. The van der Waals surface area contributed by atoms with E-state index in [-0.39, 0.29) is 31.4 Å². The molecule has 0 radical (unpaired) electrons. The lowest BCUT2D eigenvalue weighted by Crippen LogP contribution is -2.52. The predicted molar refractivity (Wildman–Crippen MR) is 139 cm³/mol. The lowest BCUT2D eigenvalue weighted by Gasteiger charge is -2.44. The molecule has 2 aliphatic heterocycles. The fourth-order valence-electron chi connectivity index (χ4n) is 4.54. The first kappa shape index (κ1) is 26.6. The first-order valence-electron chi connectivity index (χ1n) is 12.6. The second-order valence-corrected chi connectivity index (χ2v) is 10.6. The summed E-state index contributed by atoms with van der Waals surface area (Å²) in [5.74, 6) is 1.68. The van der Waals surface area contributed by atoms with Crippen LogP contribution < -0.4 is 19.5 Å². The van der Waals surface area contributed by atoms with Crippen molar-refractivity contribution in [1.82, 2.24) is 4.90 Å². The van der Waals surface area contributed by atoms with Crippen LogP contribution in [-0.2, 0) is 4.74 Å². The summed E-state index contributed by atoms with van der Waals surface area (Å²) < 4.78 is 23.0. The van der Waals surface area contributed by atoms with Crippen LogP contribution in [0.25, 0.3) is 0 Å². The summed E-state index contributed by atoms with van der Waals surface area (Å²) in [5.41, 5.74) is 0.0923. The molecule has 1 atom stereocenters. The Morgan fingerprint density at radius 3 is 2.62 bits per heavy atom. The number of aliphatic hydroxyl groups is 1. The van der Waals surface area contributed by atoms with Gasteiger partial charge in [-0.1, -0.05) is 12.1 Å². The molecule has 0 aromatic heterocycles. The maximum absolute atomic E-state index is 12.9. The van der Waals surface area contributed by atoms with Gasteiger partial charge in [-0.2, -0.15) is 0 Å². The number of hydrogen-bond donors (Lipinski definition) is 2. The number of anilines is 1. The Labute approximate surface area is 217 Å². The molecule has 1 amide bonds. The van der Waals surface area contributed by atoms with Crippen molar-refractivity contribution < 1.29 is 33.6 Å². The van der Waals surface area contributed by atoms with Gasteiger partial charge in [-0.3, -0.25) is 4.79 Å². The summed E-state index contributed by atoms with van der Waals surface area (Å²) in [7, 11) is 1.59. The number of fused-ring (bicyclic) bond motifs is 1. The molecule has 0 aliphatic carbocycles. The molecular weight excluding hydrogens is 476 g/mol. The SMILES string of the molecule is COc1ccccc1NCC(O)COc1ccc2c(c1)OC1(CCN(C(=O)OC(C)(C)C)CC1)CC2=O. The molecule has 2 aromatic rings. The second kappa shape index (κ2) is 10.9. The van der Waals surface area contributed by atoms with Crippen LogP contribution in [0.1, 0.15) is 50.4 Å². The number of nitrogens with one attached hydrogen (secondary N) is 1. The number of Topliss-reactive ketones (excluding diaryl/α,β-unsaturated/α-hetero) is 1. The zero-order valence-electron chi connectivity index (χ0n) is 21.9. The number of amides is 1. The largest absolute Gasteiger partial charge is 0.495 e. The van der Waals surface area contributed by atoms with Gasteiger partial charge >= 0.3 is 6.09 Å². The molecule has 4 rings (SSSR count). The van der Waals surface area contributed by atoms with Crippen molar-refractivity contribution in [3.8, 4) is 17.2 Å². The molecule has 9 heteroatoms. The van der Waals surface area contributed by atoms with E-state index in [1.807, 2.05) is 45.0 Å². The highest BCUT2D eigenvalue weighted by molar-refractivity contribution is 6.00. The number of para-hydroxylation sites is 2. The smallest absolute Gasteiger partial charge is 0.410 e. The minimum atomic E-state index is -0.771. The molecule has 2 N–H and O–H groups in total. The Balaban J connectivity index is 1.33. The number of methoxy groups -OCH3 is 1. The second-order valence-electron chi connectivity index (χ2n) is 10.6. The topological polar surface area (TPSA) is 107 Å². The average Bonchev–Trinajstić information content (AvgIpc) is 2.85. The molecule has 1 spiro atoms. The highest BCUT2D eigenvalue weighted by atomic mass is 16.6. The van der Waals surface area contributed by atoms with Crippen LogP contribution in [0.5, 0.6) is 17.2 Å². The van der Waals surface area contributed by atoms with Gasteiger partial charge in [-0.15, -0.1) is 0 Å². The van der Waals surface area contributed by atoms with E-state index in [0.717, 1.165) is 5.69 Å². The van der Waals surface area contributed by atoms with Crippen LogP contribution >= 0.6 is 0 Å². The highest BCUT2D eigenvalue weighted by Gasteiger charge is 2.44. The summed E-state index contributed by atoms with van der Waals surface area (Å²) in [6, 6.07) is 12.6. The molecule has 2 aromatic carbocycles. The van der Waals surface area contributed by atoms with E-state index < -0.39 is 17.3 Å². The van der Waals surface area contributed by atoms with E-state index in [0.29, 0.717) is 48.7 Å². The Kier molecular flexibility index (Phi) is 7.82. The van der Waals surface area contributed by atoms with Crippen molar-refractivity contribution in [2.24, 2.45) is 0 Å². The van der Waals surface area contributed by atoms with Crippen molar-refractivity contribution in [3.63, 3.8) is 0 Å². The molecule has 9 nitrogen and oxygen atoms in total. The standard InChI is InChI=1S/C28H36N2O7/c1-27(2,3)37-26(33)30-13-11-28(12-14-30)16-23(32)21-10-9-20(15-25(21)36-28)35-18-19(31)17-29-22-7-5-6-8-24(22)34-4/h5-10,15,19,29,31H,11-14,16-18H2,1-4H3. The van der Waals surface area contributed by atoms with E-state index in [4.69, 9.17) is 18.9 Å². The van der Waals surface area contributed by atoms with E-state index in [1.54, 1.807) is 30.2 Å². The van der Waals surface area contributed by atoms with Gasteiger partial charge in [0.15, 0.2) is 5.78 Å². The molecule has 200 valence electrons. The zero-order chi connectivity index (χ0) is 26.6. The van der Waals surface area contributed by atoms with Crippen molar-refractivity contribution in [1.29, 1.82) is 0 Å². The predicted octanol–water partition coefficient (Wildman–Crippen LogP) is 4.28. The van der Waals surface area contributed by atoms with E-state index in [1.165, 1.54) is 0 Å². The number of likely N-dealkylation sites (tertiary alicyclic amines) is 1. The van der Waals surface area contributed by atoms with E-state index in [9.17, 15) is 14.7 Å². The van der Waals surface area contributed by atoms with Gasteiger partial charge in [0.1, 0.15) is 41.2 Å². The van der Waals surface area contributed by atoms with Gasteiger partial charge in [-0.05, 0) is 45.0 Å². The van der Waals surface area contributed by atoms with Crippen LogP contribution in [0, 0.1) is 0 Å². The number of carbonyl (C=O) groups excluding carboxylic acids is 2. The molecule has 1 fully saturated rings. The lowest BCUT2D eigenvalue weighted by molar-refractivity contribution is -0.0227. The van der Waals surface area contributed by atoms with E-state index in [2.05, 4.69) is 5.32 Å². The Bertz CT molecular complexity index is 1120. The molecule has 0 saturated carbocycles. The average molecular weight is 513 g/mol. The van der Waals surface area contributed by atoms with Gasteiger partial charge in [0.05, 0.1) is 24.8 Å². The zero-order valence-corrected chi connectivity index (χ0v) is 21.9. The van der Waals surface area contributed by atoms with Crippen molar-refractivity contribution in [2.45, 2.75) is 57.3 Å². The third-order valence-corrected chi connectivity index (χ3v) is 6.47. The summed E-state index contributed by atoms with van der Waals surface area (Å²) in [4.78, 5) is 27.0. The highest BCUT2D eigenvalue weighted by Crippen LogP contribution is 2.41. The van der Waals surface area contributed by atoms with Gasteiger partial charge < -0.3 is 34.3 Å². The third kappa shape index (κ3) is 6.65. The van der Waals surface area contributed by atoms with Crippen molar-refractivity contribution in [3.05, 3.63) is 48.0 Å². The molecule has 37 heavy (non-hydrogen) atoms. The number of rotatable bonds is 7. The molecule has 1 unspecified atom stereocenters. The summed E-state index contributed by atoms with van der Waals surface area (Å²) in [5, 5.41) is 13.6. The van der Waals surface area contributed by atoms with Crippen LogP contribution in [0.4, 0.5) is 10.5 Å². The fourth-order valence-corrected chi connectivity index (χ4v) is 4.54. The van der Waals surface area contributed by atoms with Gasteiger partial charge in [-0.25, -0.2) is 4.79 Å². The minimum absolute atomic E-state index is 0.0135. The van der Waals surface area contributed by atoms with Gasteiger partial charge in [0.2, 0.25) is 0 Å². The Morgan fingerprint density at radius 2 is 1.92 bits per heavy atom. The third-order valence-electron chi connectivity index (χ3n) is 6.47. The van der Waals surface area contributed by atoms with E-state index >= 15 is 0 Å². The molecule has 2 aliphatic rings. The number of nitrogens with zero attached hydrogens (tertiary/aromatic N) is 1. The normalized spacial score (nSPS) is 17.4. The number of carbonyl (C=O) groups is 2. The van der Waals surface area contributed by atoms with Crippen LogP contribution in [0.3, 0.4) is 0 Å². The Hall–Kier alpha value is -3.46. The van der Waals surface area contributed by atoms with Gasteiger partial charge in [0.25, 0.3) is 0 Å². The summed E-state index contributed by atoms with van der Waals surface area (Å²) >= 11 is 0. The van der Waals surface area contributed by atoms with Crippen molar-refractivity contribution >= 4 is 17.6 Å². The molecule has 1 saturated heterocycles. The number of ether oxygens (including phenoxy) is 4. The Morgan fingerprint density at radius 1 is 1.19 bits per heavy atom. The molecular formula is C28H36N2O7. The minimum Gasteiger partial charge on any atom is -0.495 e. The van der Waals surface area contributed by atoms with Gasteiger partial charge in [0, 0.05) is 38.5 Å². The van der Waals surface area contributed by atoms with Crippen LogP contribution in [-0.4, -0.2) is 72.5 Å². The lowest BCUT2D eigenvalue weighted by atomic mass is 9.82. The monoisotopic (exact) mass is 512 g/mol. The first-order valence-corrected chi connectivity index (χ1v) is 12.6. The van der Waals surface area contributed by atoms with Crippen LogP contribution in [0.15, 0.2) is 42.5 Å². The summed E-state index contributed by atoms with van der Waals surface area (Å²) in [6.07, 6.45) is 0.229. The number of hydrogen-bond acceptors (Lipinski definition) is 8. The maximum Gasteiger partial charge on any atom is 0.410 e. The number of benzene rings is 2.